The highest BCUT2D eigenvalue weighted by Crippen LogP contribution is 2.22. The maximum atomic E-state index is 8.98. The Morgan fingerprint density at radius 1 is 1.19 bits per heavy atom. The summed E-state index contributed by atoms with van der Waals surface area (Å²) in [4.78, 5) is 0. The molecule has 0 spiro atoms. The molecule has 1 aromatic heterocycles. The SMILES string of the molecule is CC(C)(C#N)CCCCn1cc(-c2ccc(N)cc2)cn1. The van der Waals surface area contributed by atoms with Crippen LogP contribution in [0.2, 0.25) is 0 Å². The second-order valence-corrected chi connectivity index (χ2v) is 6.07. The van der Waals surface area contributed by atoms with Crippen molar-refractivity contribution in [2.24, 2.45) is 5.41 Å². The first-order valence-electron chi connectivity index (χ1n) is 7.30. The van der Waals surface area contributed by atoms with E-state index in [9.17, 15) is 0 Å². The van der Waals surface area contributed by atoms with E-state index in [1.165, 1.54) is 0 Å². The van der Waals surface area contributed by atoms with Crippen LogP contribution in [0.25, 0.3) is 11.1 Å². The Balaban J connectivity index is 1.86. The maximum absolute atomic E-state index is 8.98. The first-order chi connectivity index (χ1) is 10.00. The van der Waals surface area contributed by atoms with Crippen molar-refractivity contribution in [1.82, 2.24) is 9.78 Å². The van der Waals surface area contributed by atoms with Crippen molar-refractivity contribution in [2.45, 2.75) is 39.7 Å². The summed E-state index contributed by atoms with van der Waals surface area (Å²) in [7, 11) is 0. The summed E-state index contributed by atoms with van der Waals surface area (Å²) in [5.41, 5.74) is 8.47. The molecule has 0 fully saturated rings. The van der Waals surface area contributed by atoms with Gasteiger partial charge >= 0.3 is 0 Å². The second kappa shape index (κ2) is 6.45. The Kier molecular flexibility index (Phi) is 4.64. The number of anilines is 1. The molecule has 0 atom stereocenters. The first kappa shape index (κ1) is 15.1. The largest absolute Gasteiger partial charge is 0.399 e. The van der Waals surface area contributed by atoms with Crippen LogP contribution in [0.5, 0.6) is 0 Å². The standard InChI is InChI=1S/C17H22N4/c1-17(2,13-18)9-3-4-10-21-12-15(11-20-21)14-5-7-16(19)8-6-14/h5-8,11-12H,3-4,9-10,19H2,1-2H3. The lowest BCUT2D eigenvalue weighted by Gasteiger charge is -2.14. The number of aromatic nitrogens is 2. The van der Waals surface area contributed by atoms with Crippen LogP contribution in [0, 0.1) is 16.7 Å². The highest BCUT2D eigenvalue weighted by molar-refractivity contribution is 5.63. The zero-order chi connectivity index (χ0) is 15.3. The molecule has 2 N–H and O–H groups in total. The molecular formula is C17H22N4. The van der Waals surface area contributed by atoms with Crippen LogP contribution in [0.4, 0.5) is 5.69 Å². The summed E-state index contributed by atoms with van der Waals surface area (Å²) < 4.78 is 1.96. The van der Waals surface area contributed by atoms with Crippen LogP contribution in [-0.2, 0) is 6.54 Å². The van der Waals surface area contributed by atoms with E-state index in [2.05, 4.69) is 17.4 Å². The van der Waals surface area contributed by atoms with Crippen molar-refractivity contribution in [2.75, 3.05) is 5.73 Å². The van der Waals surface area contributed by atoms with E-state index in [0.29, 0.717) is 0 Å². The van der Waals surface area contributed by atoms with Gasteiger partial charge in [0.25, 0.3) is 0 Å². The fourth-order valence-electron chi connectivity index (χ4n) is 2.21. The fourth-order valence-corrected chi connectivity index (χ4v) is 2.21. The van der Waals surface area contributed by atoms with Gasteiger partial charge in [0.05, 0.1) is 17.7 Å². The van der Waals surface area contributed by atoms with Crippen molar-refractivity contribution in [3.8, 4) is 17.2 Å². The smallest absolute Gasteiger partial charge is 0.0683 e. The Hall–Kier alpha value is -2.28. The number of nitriles is 1. The van der Waals surface area contributed by atoms with Gasteiger partial charge in [0.15, 0.2) is 0 Å². The van der Waals surface area contributed by atoms with Crippen LogP contribution in [0.1, 0.15) is 33.1 Å². The highest BCUT2D eigenvalue weighted by Gasteiger charge is 2.15. The van der Waals surface area contributed by atoms with Crippen molar-refractivity contribution >= 4 is 5.69 Å². The van der Waals surface area contributed by atoms with Gasteiger partial charge < -0.3 is 5.73 Å². The fraction of sp³-hybridized carbons (Fsp3) is 0.412. The molecule has 21 heavy (non-hydrogen) atoms. The zero-order valence-corrected chi connectivity index (χ0v) is 12.7. The first-order valence-corrected chi connectivity index (χ1v) is 7.30. The predicted octanol–water partition coefficient (Wildman–Crippen LogP) is 3.85. The summed E-state index contributed by atoms with van der Waals surface area (Å²) in [6.45, 7) is 4.86. The van der Waals surface area contributed by atoms with Gasteiger partial charge in [-0.05, 0) is 44.4 Å². The summed E-state index contributed by atoms with van der Waals surface area (Å²) in [5, 5.41) is 13.4. The van der Waals surface area contributed by atoms with Gasteiger partial charge in [0, 0.05) is 24.0 Å². The van der Waals surface area contributed by atoms with E-state index in [1.54, 1.807) is 0 Å². The molecule has 0 saturated carbocycles. The Morgan fingerprint density at radius 2 is 1.90 bits per heavy atom. The Morgan fingerprint density at radius 3 is 2.57 bits per heavy atom. The van der Waals surface area contributed by atoms with Gasteiger partial charge in [-0.2, -0.15) is 10.4 Å². The van der Waals surface area contributed by atoms with Crippen LogP contribution in [0.3, 0.4) is 0 Å². The summed E-state index contributed by atoms with van der Waals surface area (Å²) in [5.74, 6) is 0. The third kappa shape index (κ3) is 4.35. The van der Waals surface area contributed by atoms with Crippen molar-refractivity contribution in [3.05, 3.63) is 36.7 Å². The molecule has 0 saturated heterocycles. The number of benzene rings is 1. The second-order valence-electron chi connectivity index (χ2n) is 6.07. The molecule has 0 bridgehead atoms. The Labute approximate surface area is 126 Å². The molecule has 1 heterocycles. The number of rotatable bonds is 6. The van der Waals surface area contributed by atoms with Crippen LogP contribution in [0.15, 0.2) is 36.7 Å². The van der Waals surface area contributed by atoms with Crippen molar-refractivity contribution < 1.29 is 0 Å². The minimum absolute atomic E-state index is 0.223. The highest BCUT2D eigenvalue weighted by atomic mass is 15.3. The molecule has 4 heteroatoms. The van der Waals surface area contributed by atoms with Gasteiger partial charge in [0.2, 0.25) is 0 Å². The lowest BCUT2D eigenvalue weighted by atomic mass is 9.89. The summed E-state index contributed by atoms with van der Waals surface area (Å²) >= 11 is 0. The van der Waals surface area contributed by atoms with E-state index in [1.807, 2.05) is 49.0 Å². The number of nitrogen functional groups attached to an aromatic ring is 1. The van der Waals surface area contributed by atoms with Crippen molar-refractivity contribution in [1.29, 1.82) is 5.26 Å². The number of nitrogens with zero attached hydrogens (tertiary/aromatic N) is 3. The molecule has 0 amide bonds. The lowest BCUT2D eigenvalue weighted by molar-refractivity contribution is 0.412. The van der Waals surface area contributed by atoms with E-state index >= 15 is 0 Å². The third-order valence-electron chi connectivity index (χ3n) is 3.62. The minimum Gasteiger partial charge on any atom is -0.399 e. The predicted molar refractivity (Wildman–Crippen MR) is 85.3 cm³/mol. The van der Waals surface area contributed by atoms with Gasteiger partial charge in [0.1, 0.15) is 0 Å². The van der Waals surface area contributed by atoms with Crippen LogP contribution < -0.4 is 5.73 Å². The number of unbranched alkanes of at least 4 members (excludes halogenated alkanes) is 1. The molecule has 0 aliphatic heterocycles. The zero-order valence-electron chi connectivity index (χ0n) is 12.7. The van der Waals surface area contributed by atoms with Crippen LogP contribution >= 0.6 is 0 Å². The van der Waals surface area contributed by atoms with Gasteiger partial charge in [-0.3, -0.25) is 4.68 Å². The van der Waals surface area contributed by atoms with Gasteiger partial charge in [-0.25, -0.2) is 0 Å². The Bertz CT molecular complexity index is 617. The number of hydrogen-bond donors (Lipinski definition) is 1. The molecule has 0 radical (unpaired) electrons. The van der Waals surface area contributed by atoms with E-state index in [4.69, 9.17) is 11.0 Å². The average Bonchev–Trinajstić information content (AvgIpc) is 2.93. The quantitative estimate of drug-likeness (QED) is 0.646. The van der Waals surface area contributed by atoms with Crippen molar-refractivity contribution in [3.63, 3.8) is 0 Å². The molecular weight excluding hydrogens is 260 g/mol. The molecule has 0 aliphatic carbocycles. The maximum Gasteiger partial charge on any atom is 0.0683 e. The topological polar surface area (TPSA) is 67.6 Å². The van der Waals surface area contributed by atoms with E-state index < -0.39 is 0 Å². The lowest BCUT2D eigenvalue weighted by Crippen LogP contribution is -2.08. The molecule has 0 aliphatic rings. The monoisotopic (exact) mass is 282 g/mol. The third-order valence-corrected chi connectivity index (χ3v) is 3.62. The summed E-state index contributed by atoms with van der Waals surface area (Å²) in [6.07, 6.45) is 6.94. The molecule has 0 unspecified atom stereocenters. The summed E-state index contributed by atoms with van der Waals surface area (Å²) in [6, 6.07) is 10.1. The van der Waals surface area contributed by atoms with Gasteiger partial charge in [-0.1, -0.05) is 18.6 Å². The van der Waals surface area contributed by atoms with E-state index in [-0.39, 0.29) is 5.41 Å². The van der Waals surface area contributed by atoms with Gasteiger partial charge in [-0.15, -0.1) is 0 Å². The molecule has 2 rings (SSSR count). The molecule has 2 aromatic rings. The number of hydrogen-bond acceptors (Lipinski definition) is 3. The minimum atomic E-state index is -0.223. The van der Waals surface area contributed by atoms with E-state index in [0.717, 1.165) is 42.6 Å². The molecule has 1 aromatic carbocycles. The number of nitrogens with two attached hydrogens (primary N) is 1. The normalized spacial score (nSPS) is 11.3. The average molecular weight is 282 g/mol. The number of aryl methyl sites for hydroxylation is 1. The molecule has 4 nitrogen and oxygen atoms in total. The van der Waals surface area contributed by atoms with Crippen LogP contribution in [-0.4, -0.2) is 9.78 Å². The molecule has 110 valence electrons.